The van der Waals surface area contributed by atoms with Crippen molar-refractivity contribution in [2.24, 2.45) is 5.10 Å². The number of para-hydroxylation sites is 1. The molecule has 3 aromatic rings. The van der Waals surface area contributed by atoms with Gasteiger partial charge in [-0.25, -0.2) is 0 Å². The summed E-state index contributed by atoms with van der Waals surface area (Å²) >= 11 is 2.20. The maximum absolute atomic E-state index is 13.4. The largest absolute Gasteiger partial charge is 0.493 e. The lowest BCUT2D eigenvalue weighted by atomic mass is 10.00. The summed E-state index contributed by atoms with van der Waals surface area (Å²) in [6.07, 6.45) is 3.53. The minimum atomic E-state index is -0.184. The molecule has 1 amide bonds. The summed E-state index contributed by atoms with van der Waals surface area (Å²) < 4.78 is 12.2. The lowest BCUT2D eigenvalue weighted by Crippen LogP contribution is -2.21. The van der Waals surface area contributed by atoms with Gasteiger partial charge in [0.2, 0.25) is 0 Å². The summed E-state index contributed by atoms with van der Waals surface area (Å²) in [6.45, 7) is 4.07. The summed E-state index contributed by atoms with van der Waals surface area (Å²) in [6, 6.07) is 22.9. The maximum atomic E-state index is 13.4. The number of methoxy groups -OCH3 is 1. The number of hydrazone groups is 1. The summed E-state index contributed by atoms with van der Waals surface area (Å²) in [5.41, 5.74) is 3.55. The summed E-state index contributed by atoms with van der Waals surface area (Å²) in [4.78, 5) is 13.4. The van der Waals surface area contributed by atoms with Crippen LogP contribution in [0.25, 0.3) is 6.08 Å². The molecule has 0 aliphatic carbocycles. The van der Waals surface area contributed by atoms with Gasteiger partial charge in [-0.05, 0) is 58.5 Å². The number of hydrogen-bond donors (Lipinski definition) is 0. The monoisotopic (exact) mass is 536 g/mol. The molecule has 3 aromatic carbocycles. The zero-order chi connectivity index (χ0) is 22.5. The highest BCUT2D eigenvalue weighted by molar-refractivity contribution is 14.1. The van der Waals surface area contributed by atoms with Crippen LogP contribution in [0.15, 0.2) is 96.1 Å². The highest BCUT2D eigenvalue weighted by Gasteiger charge is 2.32. The Morgan fingerprint density at radius 2 is 1.75 bits per heavy atom. The number of carbonyl (C=O) groups is 1. The van der Waals surface area contributed by atoms with E-state index in [-0.39, 0.29) is 5.91 Å². The quantitative estimate of drug-likeness (QED) is 0.221. The van der Waals surface area contributed by atoms with Crippen molar-refractivity contribution < 1.29 is 14.3 Å². The molecule has 32 heavy (non-hydrogen) atoms. The van der Waals surface area contributed by atoms with Gasteiger partial charge in [0.1, 0.15) is 12.3 Å². The Morgan fingerprint density at radius 1 is 1.06 bits per heavy atom. The van der Waals surface area contributed by atoms with Gasteiger partial charge in [0.05, 0.1) is 21.9 Å². The van der Waals surface area contributed by atoms with E-state index in [9.17, 15) is 4.79 Å². The van der Waals surface area contributed by atoms with E-state index in [1.165, 1.54) is 5.01 Å². The van der Waals surface area contributed by atoms with Crippen LogP contribution in [0.5, 0.6) is 11.5 Å². The highest BCUT2D eigenvalue weighted by atomic mass is 127. The van der Waals surface area contributed by atoms with Crippen LogP contribution in [0.2, 0.25) is 0 Å². The van der Waals surface area contributed by atoms with E-state index >= 15 is 0 Å². The van der Waals surface area contributed by atoms with Crippen molar-refractivity contribution >= 4 is 46.0 Å². The molecule has 0 spiro atoms. The lowest BCUT2D eigenvalue weighted by Gasteiger charge is -2.13. The number of ether oxygens (including phenoxy) is 2. The van der Waals surface area contributed by atoms with Crippen molar-refractivity contribution in [3.63, 3.8) is 0 Å². The second-order valence-electron chi connectivity index (χ2n) is 6.96. The third kappa shape index (κ3) is 4.45. The van der Waals surface area contributed by atoms with Crippen LogP contribution in [-0.4, -0.2) is 25.3 Å². The van der Waals surface area contributed by atoms with Gasteiger partial charge in [0.15, 0.2) is 11.5 Å². The zero-order valence-corrected chi connectivity index (χ0v) is 19.7. The Balaban J connectivity index is 1.80. The Labute approximate surface area is 200 Å². The molecule has 0 radical (unpaired) electrons. The van der Waals surface area contributed by atoms with E-state index < -0.39 is 0 Å². The molecule has 0 saturated carbocycles. The predicted molar refractivity (Wildman–Crippen MR) is 136 cm³/mol. The number of halogens is 1. The number of nitrogens with zero attached hydrogens (tertiary/aromatic N) is 2. The van der Waals surface area contributed by atoms with E-state index in [1.54, 1.807) is 13.2 Å². The van der Waals surface area contributed by atoms with Crippen LogP contribution in [0, 0.1) is 3.57 Å². The molecule has 0 saturated heterocycles. The molecule has 0 aromatic heterocycles. The standard InChI is InChI=1S/C26H21IN2O3/c1-3-14-32-25-22(27)16-18(17-23(25)31-2)15-21-24(19-10-6-4-7-11-19)28-29(26(21)30)20-12-8-5-9-13-20/h3-13,15-17H,1,14H2,2H3/b21-15-. The molecular weight excluding hydrogens is 515 g/mol. The Morgan fingerprint density at radius 3 is 2.41 bits per heavy atom. The van der Waals surface area contributed by atoms with Crippen molar-refractivity contribution in [2.75, 3.05) is 18.7 Å². The van der Waals surface area contributed by atoms with E-state index in [0.717, 1.165) is 20.4 Å². The third-order valence-electron chi connectivity index (χ3n) is 4.83. The minimum absolute atomic E-state index is 0.184. The summed E-state index contributed by atoms with van der Waals surface area (Å²) in [7, 11) is 1.60. The zero-order valence-electron chi connectivity index (χ0n) is 17.5. The molecule has 0 N–H and O–H groups in total. The summed E-state index contributed by atoms with van der Waals surface area (Å²) in [5.74, 6) is 1.06. The molecule has 0 bridgehead atoms. The van der Waals surface area contributed by atoms with Crippen molar-refractivity contribution in [3.05, 3.63) is 106 Å². The van der Waals surface area contributed by atoms with Crippen LogP contribution in [0.4, 0.5) is 5.69 Å². The van der Waals surface area contributed by atoms with E-state index in [0.29, 0.717) is 29.4 Å². The fourth-order valence-electron chi connectivity index (χ4n) is 3.37. The molecule has 0 atom stereocenters. The first-order valence-corrected chi connectivity index (χ1v) is 11.1. The minimum Gasteiger partial charge on any atom is -0.493 e. The second kappa shape index (κ2) is 9.82. The Bertz CT molecular complexity index is 1200. The van der Waals surface area contributed by atoms with Gasteiger partial charge >= 0.3 is 0 Å². The van der Waals surface area contributed by atoms with Crippen LogP contribution in [0.3, 0.4) is 0 Å². The Hall–Kier alpha value is -3.39. The molecule has 5 nitrogen and oxygen atoms in total. The van der Waals surface area contributed by atoms with E-state index in [2.05, 4.69) is 34.3 Å². The lowest BCUT2D eigenvalue weighted by molar-refractivity contribution is -0.114. The number of carbonyl (C=O) groups excluding carboxylic acids is 1. The smallest absolute Gasteiger partial charge is 0.281 e. The van der Waals surface area contributed by atoms with Crippen LogP contribution in [0.1, 0.15) is 11.1 Å². The number of anilines is 1. The molecular formula is C26H21IN2O3. The maximum Gasteiger partial charge on any atom is 0.281 e. The average Bonchev–Trinajstić information content (AvgIpc) is 3.15. The molecule has 1 aliphatic rings. The molecule has 0 fully saturated rings. The van der Waals surface area contributed by atoms with Crippen molar-refractivity contribution in [1.82, 2.24) is 0 Å². The van der Waals surface area contributed by atoms with Gasteiger partial charge in [0, 0.05) is 5.56 Å². The first-order valence-electron chi connectivity index (χ1n) is 9.99. The van der Waals surface area contributed by atoms with Gasteiger partial charge < -0.3 is 9.47 Å². The van der Waals surface area contributed by atoms with Crippen LogP contribution >= 0.6 is 22.6 Å². The molecule has 6 heteroatoms. The highest BCUT2D eigenvalue weighted by Crippen LogP contribution is 2.35. The average molecular weight is 536 g/mol. The molecule has 1 heterocycles. The number of rotatable bonds is 7. The molecule has 0 unspecified atom stereocenters. The number of amides is 1. The van der Waals surface area contributed by atoms with Crippen LogP contribution < -0.4 is 14.5 Å². The van der Waals surface area contributed by atoms with Crippen molar-refractivity contribution in [3.8, 4) is 11.5 Å². The van der Waals surface area contributed by atoms with Crippen LogP contribution in [-0.2, 0) is 4.79 Å². The summed E-state index contributed by atoms with van der Waals surface area (Å²) in [5, 5.41) is 6.12. The van der Waals surface area contributed by atoms with Gasteiger partial charge in [-0.1, -0.05) is 61.2 Å². The number of hydrogen-bond acceptors (Lipinski definition) is 4. The second-order valence-corrected chi connectivity index (χ2v) is 8.12. The van der Waals surface area contributed by atoms with Gasteiger partial charge in [0.25, 0.3) is 5.91 Å². The van der Waals surface area contributed by atoms with Gasteiger partial charge in [-0.15, -0.1) is 0 Å². The normalized spacial score (nSPS) is 14.4. The van der Waals surface area contributed by atoms with Crippen molar-refractivity contribution in [2.45, 2.75) is 0 Å². The predicted octanol–water partition coefficient (Wildman–Crippen LogP) is 5.70. The van der Waals surface area contributed by atoms with Gasteiger partial charge in [-0.2, -0.15) is 10.1 Å². The first kappa shape index (κ1) is 21.8. The first-order chi connectivity index (χ1) is 15.6. The van der Waals surface area contributed by atoms with E-state index in [4.69, 9.17) is 9.47 Å². The topological polar surface area (TPSA) is 51.1 Å². The van der Waals surface area contributed by atoms with Crippen molar-refractivity contribution in [1.29, 1.82) is 0 Å². The molecule has 160 valence electrons. The SMILES string of the molecule is C=CCOc1c(I)cc(/C=C2\C(=O)N(c3ccccc3)N=C2c2ccccc2)cc1OC. The molecule has 4 rings (SSSR count). The fraction of sp³-hybridized carbons (Fsp3) is 0.0769. The molecule has 1 aliphatic heterocycles. The van der Waals surface area contributed by atoms with Gasteiger partial charge in [-0.3, -0.25) is 4.79 Å². The fourth-order valence-corrected chi connectivity index (χ4v) is 4.15. The number of benzene rings is 3. The third-order valence-corrected chi connectivity index (χ3v) is 5.64. The Kier molecular flexibility index (Phi) is 6.70. The van der Waals surface area contributed by atoms with E-state index in [1.807, 2.05) is 78.9 Å².